The fourth-order valence-corrected chi connectivity index (χ4v) is 3.91. The van der Waals surface area contributed by atoms with Gasteiger partial charge in [-0.1, -0.05) is 13.3 Å². The van der Waals surface area contributed by atoms with Gasteiger partial charge in [0.25, 0.3) is 0 Å². The van der Waals surface area contributed by atoms with Crippen LogP contribution in [0.4, 0.5) is 0 Å². The molecule has 0 spiro atoms. The molecule has 5 nitrogen and oxygen atoms in total. The molecule has 19 heavy (non-hydrogen) atoms. The second-order valence-electron chi connectivity index (χ2n) is 5.09. The molecule has 1 aliphatic carbocycles. The summed E-state index contributed by atoms with van der Waals surface area (Å²) in [6.07, 6.45) is 5.53. The molecule has 0 amide bonds. The molecule has 1 aromatic heterocycles. The molecule has 6 heteroatoms. The average molecular weight is 285 g/mol. The van der Waals surface area contributed by atoms with Crippen LogP contribution in [0.5, 0.6) is 0 Å². The van der Waals surface area contributed by atoms with Gasteiger partial charge in [0, 0.05) is 31.0 Å². The summed E-state index contributed by atoms with van der Waals surface area (Å²) >= 11 is 0. The van der Waals surface area contributed by atoms with Gasteiger partial charge in [-0.05, 0) is 32.4 Å². The van der Waals surface area contributed by atoms with Crippen molar-refractivity contribution in [2.45, 2.75) is 50.1 Å². The number of sulfonamides is 1. The van der Waals surface area contributed by atoms with Crippen LogP contribution in [0.15, 0.2) is 17.2 Å². The zero-order valence-electron chi connectivity index (χ0n) is 11.6. The molecule has 1 aliphatic rings. The molecule has 0 saturated heterocycles. The van der Waals surface area contributed by atoms with Crippen LogP contribution >= 0.6 is 0 Å². The van der Waals surface area contributed by atoms with E-state index in [1.54, 1.807) is 16.6 Å². The summed E-state index contributed by atoms with van der Waals surface area (Å²) in [6, 6.07) is 1.95. The van der Waals surface area contributed by atoms with Gasteiger partial charge >= 0.3 is 0 Å². The van der Waals surface area contributed by atoms with E-state index in [2.05, 4.69) is 17.2 Å². The van der Waals surface area contributed by atoms with Crippen LogP contribution in [0.25, 0.3) is 0 Å². The van der Waals surface area contributed by atoms with Gasteiger partial charge in [-0.15, -0.1) is 0 Å². The number of nitrogens with zero attached hydrogens (tertiary/aromatic N) is 1. The van der Waals surface area contributed by atoms with Crippen LogP contribution in [0, 0.1) is 0 Å². The van der Waals surface area contributed by atoms with E-state index >= 15 is 0 Å². The van der Waals surface area contributed by atoms with Crippen LogP contribution in [0.2, 0.25) is 0 Å². The van der Waals surface area contributed by atoms with Crippen LogP contribution in [0.1, 0.15) is 38.3 Å². The summed E-state index contributed by atoms with van der Waals surface area (Å²) in [5.41, 5.74) is 0.896. The zero-order chi connectivity index (χ0) is 13.9. The molecule has 108 valence electrons. The summed E-state index contributed by atoms with van der Waals surface area (Å²) in [4.78, 5) is 3.40. The van der Waals surface area contributed by atoms with Crippen molar-refractivity contribution >= 4 is 10.0 Å². The Hall–Kier alpha value is -0.850. The van der Waals surface area contributed by atoms with E-state index in [1.807, 2.05) is 7.05 Å². The van der Waals surface area contributed by atoms with Crippen molar-refractivity contribution in [3.8, 4) is 0 Å². The fourth-order valence-electron chi connectivity index (χ4n) is 2.17. The Bertz CT molecular complexity index is 506. The second-order valence-corrected chi connectivity index (χ2v) is 6.98. The molecule has 0 atom stereocenters. The van der Waals surface area contributed by atoms with Gasteiger partial charge < -0.3 is 10.3 Å². The minimum atomic E-state index is -3.33. The monoisotopic (exact) mass is 285 g/mol. The normalized spacial score (nSPS) is 16.2. The lowest BCUT2D eigenvalue weighted by atomic mass is 10.3. The molecule has 1 fully saturated rings. The van der Waals surface area contributed by atoms with Crippen molar-refractivity contribution in [3.63, 3.8) is 0 Å². The van der Waals surface area contributed by atoms with Crippen molar-refractivity contribution in [1.82, 2.24) is 14.6 Å². The minimum absolute atomic E-state index is 0.221. The fraction of sp³-hybridized carbons (Fsp3) is 0.692. The SMILES string of the molecule is CCCCN(C1CC1)S(=O)(=O)c1c[nH]c(CNC)c1. The third-order valence-corrected chi connectivity index (χ3v) is 5.31. The lowest BCUT2D eigenvalue weighted by Gasteiger charge is -2.20. The number of nitrogens with one attached hydrogen (secondary N) is 2. The van der Waals surface area contributed by atoms with E-state index in [0.717, 1.165) is 31.4 Å². The van der Waals surface area contributed by atoms with Crippen LogP contribution < -0.4 is 5.32 Å². The quantitative estimate of drug-likeness (QED) is 0.764. The molecule has 2 N–H and O–H groups in total. The van der Waals surface area contributed by atoms with Crippen LogP contribution in [0.3, 0.4) is 0 Å². The van der Waals surface area contributed by atoms with Gasteiger partial charge in [0.15, 0.2) is 0 Å². The molecule has 0 aromatic carbocycles. The first kappa shape index (κ1) is 14.6. The number of hydrogen-bond acceptors (Lipinski definition) is 3. The maximum atomic E-state index is 12.6. The zero-order valence-corrected chi connectivity index (χ0v) is 12.5. The first-order chi connectivity index (χ1) is 9.09. The van der Waals surface area contributed by atoms with Gasteiger partial charge in [0.2, 0.25) is 10.0 Å². The molecular weight excluding hydrogens is 262 g/mol. The van der Waals surface area contributed by atoms with Crippen LogP contribution in [-0.4, -0.2) is 37.3 Å². The molecule has 0 bridgehead atoms. The Labute approximate surface area is 115 Å². The van der Waals surface area contributed by atoms with Crippen molar-refractivity contribution < 1.29 is 8.42 Å². The summed E-state index contributed by atoms with van der Waals surface area (Å²) < 4.78 is 26.9. The highest BCUT2D eigenvalue weighted by Gasteiger charge is 2.37. The number of rotatable bonds is 8. The van der Waals surface area contributed by atoms with Gasteiger partial charge in [0.05, 0.1) is 4.90 Å². The predicted molar refractivity (Wildman–Crippen MR) is 75.4 cm³/mol. The number of unbranched alkanes of at least 4 members (excludes halogenated alkanes) is 1. The maximum absolute atomic E-state index is 12.6. The van der Waals surface area contributed by atoms with Gasteiger partial charge in [0.1, 0.15) is 0 Å². The Morgan fingerprint density at radius 2 is 2.21 bits per heavy atom. The van der Waals surface area contributed by atoms with E-state index in [4.69, 9.17) is 0 Å². The summed E-state index contributed by atoms with van der Waals surface area (Å²) in [7, 11) is -1.49. The first-order valence-corrected chi connectivity index (χ1v) is 8.37. The molecule has 2 rings (SSSR count). The topological polar surface area (TPSA) is 65.2 Å². The molecule has 1 saturated carbocycles. The Balaban J connectivity index is 2.17. The second kappa shape index (κ2) is 6.07. The Morgan fingerprint density at radius 1 is 1.47 bits per heavy atom. The third kappa shape index (κ3) is 3.38. The highest BCUT2D eigenvalue weighted by molar-refractivity contribution is 7.89. The van der Waals surface area contributed by atoms with Gasteiger partial charge in [-0.3, -0.25) is 0 Å². The van der Waals surface area contributed by atoms with Crippen LogP contribution in [-0.2, 0) is 16.6 Å². The standard InChI is InChI=1S/C13H23N3O2S/c1-3-4-7-16(12-5-6-12)19(17,18)13-8-11(9-14-2)15-10-13/h8,10,12,14-15H,3-7,9H2,1-2H3. The molecular formula is C13H23N3O2S. The Morgan fingerprint density at radius 3 is 2.79 bits per heavy atom. The first-order valence-electron chi connectivity index (χ1n) is 6.93. The Kier molecular flexibility index (Phi) is 4.65. The van der Waals surface area contributed by atoms with Crippen molar-refractivity contribution in [3.05, 3.63) is 18.0 Å². The number of H-pyrrole nitrogens is 1. The van der Waals surface area contributed by atoms with E-state index in [0.29, 0.717) is 18.0 Å². The average Bonchev–Trinajstić information content (AvgIpc) is 3.08. The van der Waals surface area contributed by atoms with Gasteiger partial charge in [-0.2, -0.15) is 4.31 Å². The summed E-state index contributed by atoms with van der Waals surface area (Å²) in [6.45, 7) is 3.36. The molecule has 0 unspecified atom stereocenters. The van der Waals surface area contributed by atoms with Crippen molar-refractivity contribution in [1.29, 1.82) is 0 Å². The third-order valence-electron chi connectivity index (χ3n) is 3.38. The predicted octanol–water partition coefficient (Wildman–Crippen LogP) is 1.69. The highest BCUT2D eigenvalue weighted by atomic mass is 32.2. The summed E-state index contributed by atoms with van der Waals surface area (Å²) in [5, 5.41) is 3.01. The number of aromatic nitrogens is 1. The highest BCUT2D eigenvalue weighted by Crippen LogP contribution is 2.32. The smallest absolute Gasteiger partial charge is 0.244 e. The lowest BCUT2D eigenvalue weighted by molar-refractivity contribution is 0.396. The van der Waals surface area contributed by atoms with E-state index in [1.165, 1.54) is 0 Å². The number of hydrogen-bond donors (Lipinski definition) is 2. The molecule has 0 radical (unpaired) electrons. The maximum Gasteiger partial charge on any atom is 0.244 e. The van der Waals surface area contributed by atoms with Crippen molar-refractivity contribution in [2.24, 2.45) is 0 Å². The molecule has 1 aromatic rings. The van der Waals surface area contributed by atoms with E-state index in [9.17, 15) is 8.42 Å². The lowest BCUT2D eigenvalue weighted by Crippen LogP contribution is -2.33. The molecule has 1 heterocycles. The van der Waals surface area contributed by atoms with E-state index < -0.39 is 10.0 Å². The van der Waals surface area contributed by atoms with Crippen molar-refractivity contribution in [2.75, 3.05) is 13.6 Å². The summed E-state index contributed by atoms with van der Waals surface area (Å²) in [5.74, 6) is 0. The number of aromatic amines is 1. The van der Waals surface area contributed by atoms with Gasteiger partial charge in [-0.25, -0.2) is 8.42 Å². The minimum Gasteiger partial charge on any atom is -0.363 e. The largest absolute Gasteiger partial charge is 0.363 e. The van der Waals surface area contributed by atoms with E-state index in [-0.39, 0.29) is 6.04 Å². The molecule has 0 aliphatic heterocycles.